The van der Waals surface area contributed by atoms with Gasteiger partial charge in [-0.25, -0.2) is 0 Å². The number of hydrogen-bond acceptors (Lipinski definition) is 4. The SMILES string of the molecule is OC[C@@H]1OC(Cl)[C@H](O)[C@H]1O. The first-order valence-corrected chi connectivity index (χ1v) is 3.37. The van der Waals surface area contributed by atoms with Crippen LogP contribution in [0.4, 0.5) is 0 Å². The Morgan fingerprint density at radius 1 is 1.30 bits per heavy atom. The normalized spacial score (nSPS) is 48.0. The third-order valence-corrected chi connectivity index (χ3v) is 1.85. The second kappa shape index (κ2) is 3.02. The van der Waals surface area contributed by atoms with E-state index in [1.165, 1.54) is 0 Å². The minimum atomic E-state index is -1.10. The number of halogens is 1. The van der Waals surface area contributed by atoms with E-state index >= 15 is 0 Å². The van der Waals surface area contributed by atoms with E-state index in [1.54, 1.807) is 0 Å². The second-order valence-electron chi connectivity index (χ2n) is 2.19. The Balaban J connectivity index is 2.53. The molecule has 1 unspecified atom stereocenters. The van der Waals surface area contributed by atoms with Crippen LogP contribution in [0.1, 0.15) is 0 Å². The van der Waals surface area contributed by atoms with E-state index in [-0.39, 0.29) is 6.61 Å². The number of aliphatic hydroxyl groups excluding tert-OH is 3. The van der Waals surface area contributed by atoms with Gasteiger partial charge < -0.3 is 20.1 Å². The average Bonchev–Trinajstić information content (AvgIpc) is 2.17. The molecule has 4 atom stereocenters. The summed E-state index contributed by atoms with van der Waals surface area (Å²) in [7, 11) is 0. The van der Waals surface area contributed by atoms with Gasteiger partial charge in [-0.2, -0.15) is 0 Å². The Morgan fingerprint density at radius 3 is 2.10 bits per heavy atom. The molecule has 1 aliphatic heterocycles. The van der Waals surface area contributed by atoms with Crippen molar-refractivity contribution in [2.45, 2.75) is 23.9 Å². The maximum Gasteiger partial charge on any atom is 0.160 e. The van der Waals surface area contributed by atoms with Crippen molar-refractivity contribution in [1.29, 1.82) is 0 Å². The molecule has 0 aliphatic carbocycles. The van der Waals surface area contributed by atoms with Crippen molar-refractivity contribution in [3.8, 4) is 0 Å². The van der Waals surface area contributed by atoms with Crippen LogP contribution in [0.5, 0.6) is 0 Å². The second-order valence-corrected chi connectivity index (χ2v) is 2.62. The van der Waals surface area contributed by atoms with Crippen molar-refractivity contribution in [2.75, 3.05) is 6.61 Å². The van der Waals surface area contributed by atoms with Crippen LogP contribution < -0.4 is 0 Å². The average molecular weight is 169 g/mol. The summed E-state index contributed by atoms with van der Waals surface area (Å²) >= 11 is 5.39. The molecular weight excluding hydrogens is 160 g/mol. The first kappa shape index (κ1) is 8.23. The first-order valence-electron chi connectivity index (χ1n) is 2.93. The lowest BCUT2D eigenvalue weighted by Gasteiger charge is -2.09. The lowest BCUT2D eigenvalue weighted by atomic mass is 10.2. The minimum absolute atomic E-state index is 0.332. The lowest BCUT2D eigenvalue weighted by Crippen LogP contribution is -2.32. The Morgan fingerprint density at radius 2 is 1.90 bits per heavy atom. The van der Waals surface area contributed by atoms with Crippen molar-refractivity contribution in [1.82, 2.24) is 0 Å². The van der Waals surface area contributed by atoms with Gasteiger partial charge in [0.25, 0.3) is 0 Å². The van der Waals surface area contributed by atoms with Gasteiger partial charge in [0.1, 0.15) is 18.3 Å². The number of aliphatic hydroxyl groups is 3. The van der Waals surface area contributed by atoms with Crippen molar-refractivity contribution in [2.24, 2.45) is 0 Å². The van der Waals surface area contributed by atoms with Crippen LogP contribution in [0.2, 0.25) is 0 Å². The van der Waals surface area contributed by atoms with Crippen LogP contribution in [0.15, 0.2) is 0 Å². The number of ether oxygens (including phenoxy) is 1. The highest BCUT2D eigenvalue weighted by atomic mass is 35.5. The highest BCUT2D eigenvalue weighted by Gasteiger charge is 2.40. The molecule has 60 valence electrons. The van der Waals surface area contributed by atoms with E-state index in [0.717, 1.165) is 0 Å². The van der Waals surface area contributed by atoms with Gasteiger partial charge in [-0.15, -0.1) is 0 Å². The van der Waals surface area contributed by atoms with Crippen LogP contribution >= 0.6 is 11.6 Å². The minimum Gasteiger partial charge on any atom is -0.394 e. The molecule has 1 heterocycles. The Labute approximate surface area is 63.0 Å². The predicted molar refractivity (Wildman–Crippen MR) is 33.6 cm³/mol. The van der Waals surface area contributed by atoms with Gasteiger partial charge in [0.15, 0.2) is 5.56 Å². The highest BCUT2D eigenvalue weighted by molar-refractivity contribution is 6.20. The molecular formula is C5H9ClO4. The molecule has 0 aromatic rings. The molecule has 10 heavy (non-hydrogen) atoms. The smallest absolute Gasteiger partial charge is 0.160 e. The third kappa shape index (κ3) is 1.26. The molecule has 4 nitrogen and oxygen atoms in total. The van der Waals surface area contributed by atoms with Gasteiger partial charge in [0.2, 0.25) is 0 Å². The number of rotatable bonds is 1. The highest BCUT2D eigenvalue weighted by Crippen LogP contribution is 2.23. The standard InChI is InChI=1S/C5H9ClO4/c6-5-4(9)3(8)2(1-7)10-5/h2-5,7-9H,1H2/t2-,3-,4+,5?/m0/s1. The summed E-state index contributed by atoms with van der Waals surface area (Å²) in [6.07, 6.45) is -2.93. The molecule has 0 aromatic heterocycles. The van der Waals surface area contributed by atoms with Crippen LogP contribution in [0.25, 0.3) is 0 Å². The molecule has 1 rings (SSSR count). The maximum absolute atomic E-state index is 9.01. The summed E-state index contributed by atoms with van der Waals surface area (Å²) in [6.45, 7) is -0.332. The Kier molecular flexibility index (Phi) is 2.49. The zero-order chi connectivity index (χ0) is 7.72. The van der Waals surface area contributed by atoms with Crippen LogP contribution in [-0.2, 0) is 4.74 Å². The van der Waals surface area contributed by atoms with Crippen LogP contribution in [0, 0.1) is 0 Å². The predicted octanol–water partition coefficient (Wildman–Crippen LogP) is -1.34. The van der Waals surface area contributed by atoms with E-state index in [2.05, 4.69) is 0 Å². The zero-order valence-corrected chi connectivity index (χ0v) is 5.90. The molecule has 0 aromatic carbocycles. The molecule has 0 spiro atoms. The number of hydrogen-bond donors (Lipinski definition) is 3. The monoisotopic (exact) mass is 168 g/mol. The fourth-order valence-electron chi connectivity index (χ4n) is 0.854. The van der Waals surface area contributed by atoms with Crippen molar-refractivity contribution in [3.05, 3.63) is 0 Å². The maximum atomic E-state index is 9.01. The van der Waals surface area contributed by atoms with Gasteiger partial charge in [0.05, 0.1) is 6.61 Å². The van der Waals surface area contributed by atoms with Gasteiger partial charge in [-0.3, -0.25) is 0 Å². The molecule has 0 bridgehead atoms. The van der Waals surface area contributed by atoms with Gasteiger partial charge >= 0.3 is 0 Å². The van der Waals surface area contributed by atoms with Crippen molar-refractivity contribution < 1.29 is 20.1 Å². The largest absolute Gasteiger partial charge is 0.394 e. The fourth-order valence-corrected chi connectivity index (χ4v) is 1.14. The quantitative estimate of drug-likeness (QED) is 0.424. The summed E-state index contributed by atoms with van der Waals surface area (Å²) < 4.78 is 4.75. The molecule has 1 saturated heterocycles. The van der Waals surface area contributed by atoms with Gasteiger partial charge in [-0.1, -0.05) is 11.6 Å². The molecule has 3 N–H and O–H groups in total. The Bertz CT molecular complexity index is 120. The van der Waals surface area contributed by atoms with Gasteiger partial charge in [-0.05, 0) is 0 Å². The third-order valence-electron chi connectivity index (χ3n) is 1.48. The molecule has 1 aliphatic rings. The Hall–Kier alpha value is 0.130. The molecule has 0 radical (unpaired) electrons. The van der Waals surface area contributed by atoms with Crippen LogP contribution in [0.3, 0.4) is 0 Å². The van der Waals surface area contributed by atoms with E-state index in [9.17, 15) is 0 Å². The summed E-state index contributed by atoms with van der Waals surface area (Å²) in [5, 5.41) is 26.5. The molecule has 0 amide bonds. The van der Waals surface area contributed by atoms with Gasteiger partial charge in [0, 0.05) is 0 Å². The van der Waals surface area contributed by atoms with E-state index in [0.29, 0.717) is 0 Å². The van der Waals surface area contributed by atoms with Crippen molar-refractivity contribution in [3.63, 3.8) is 0 Å². The number of alkyl halides is 1. The summed E-state index contributed by atoms with van der Waals surface area (Å²) in [4.78, 5) is 0. The topological polar surface area (TPSA) is 69.9 Å². The zero-order valence-electron chi connectivity index (χ0n) is 5.14. The molecule has 1 fully saturated rings. The first-order chi connectivity index (χ1) is 4.66. The van der Waals surface area contributed by atoms with Crippen molar-refractivity contribution >= 4 is 11.6 Å². The van der Waals surface area contributed by atoms with E-state index < -0.39 is 23.9 Å². The summed E-state index contributed by atoms with van der Waals surface area (Å²) in [5.41, 5.74) is -0.910. The molecule has 0 saturated carbocycles. The van der Waals surface area contributed by atoms with E-state index in [1.807, 2.05) is 0 Å². The van der Waals surface area contributed by atoms with Crippen LogP contribution in [-0.4, -0.2) is 45.8 Å². The molecule has 5 heteroatoms. The van der Waals surface area contributed by atoms with E-state index in [4.69, 9.17) is 31.7 Å². The summed E-state index contributed by atoms with van der Waals surface area (Å²) in [5.74, 6) is 0. The summed E-state index contributed by atoms with van der Waals surface area (Å²) in [6, 6.07) is 0. The fraction of sp³-hybridized carbons (Fsp3) is 1.00. The lowest BCUT2D eigenvalue weighted by molar-refractivity contribution is -0.00869.